The number of hydrogen-bond donors (Lipinski definition) is 2. The third-order valence-corrected chi connectivity index (χ3v) is 4.15. The maximum atomic E-state index is 12.4. The van der Waals surface area contributed by atoms with Gasteiger partial charge in [-0.1, -0.05) is 17.7 Å². The molecule has 27 heavy (non-hydrogen) atoms. The number of halogens is 2. The van der Waals surface area contributed by atoms with Gasteiger partial charge in [0.1, 0.15) is 6.33 Å². The van der Waals surface area contributed by atoms with Crippen LogP contribution in [0, 0.1) is 6.92 Å². The van der Waals surface area contributed by atoms with Gasteiger partial charge in [0.25, 0.3) is 5.91 Å². The third-order valence-electron chi connectivity index (χ3n) is 3.74. The van der Waals surface area contributed by atoms with E-state index in [9.17, 15) is 9.59 Å². The SMILES string of the molecule is CC(=O)Nc1cn(-c2ccc(C(=O)Nc3ccc(C)c(Cl)c3)cc2)cn1.Cl. The van der Waals surface area contributed by atoms with Gasteiger partial charge in [0, 0.05) is 28.9 Å². The molecule has 6 nitrogen and oxygen atoms in total. The van der Waals surface area contributed by atoms with Crippen molar-refractivity contribution < 1.29 is 9.59 Å². The van der Waals surface area contributed by atoms with E-state index in [-0.39, 0.29) is 24.2 Å². The summed E-state index contributed by atoms with van der Waals surface area (Å²) in [6, 6.07) is 12.4. The van der Waals surface area contributed by atoms with Crippen LogP contribution >= 0.6 is 24.0 Å². The van der Waals surface area contributed by atoms with Crippen molar-refractivity contribution in [2.24, 2.45) is 0 Å². The Morgan fingerprint density at radius 2 is 1.78 bits per heavy atom. The average Bonchev–Trinajstić information content (AvgIpc) is 3.06. The van der Waals surface area contributed by atoms with Crippen molar-refractivity contribution in [3.05, 3.63) is 71.1 Å². The van der Waals surface area contributed by atoms with Crippen LogP contribution in [0.5, 0.6) is 0 Å². The van der Waals surface area contributed by atoms with Gasteiger partial charge in [0.2, 0.25) is 5.91 Å². The second-order valence-corrected chi connectivity index (χ2v) is 6.22. The van der Waals surface area contributed by atoms with E-state index in [1.165, 1.54) is 6.92 Å². The number of amides is 2. The first-order valence-corrected chi connectivity index (χ1v) is 8.30. The minimum atomic E-state index is -0.221. The predicted molar refractivity (Wildman–Crippen MR) is 109 cm³/mol. The topological polar surface area (TPSA) is 76.0 Å². The van der Waals surface area contributed by atoms with E-state index in [4.69, 9.17) is 11.6 Å². The molecule has 0 bridgehead atoms. The first-order valence-electron chi connectivity index (χ1n) is 7.92. The summed E-state index contributed by atoms with van der Waals surface area (Å²) in [7, 11) is 0. The second-order valence-electron chi connectivity index (χ2n) is 5.81. The van der Waals surface area contributed by atoms with Crippen molar-refractivity contribution >= 4 is 47.3 Å². The average molecular weight is 405 g/mol. The van der Waals surface area contributed by atoms with Gasteiger partial charge in [-0.15, -0.1) is 12.4 Å². The van der Waals surface area contributed by atoms with E-state index < -0.39 is 0 Å². The number of benzene rings is 2. The van der Waals surface area contributed by atoms with E-state index >= 15 is 0 Å². The fraction of sp³-hybridized carbons (Fsp3) is 0.105. The van der Waals surface area contributed by atoms with Crippen LogP contribution in [0.2, 0.25) is 5.02 Å². The van der Waals surface area contributed by atoms with Crippen molar-refractivity contribution in [1.29, 1.82) is 0 Å². The Bertz CT molecular complexity index is 968. The highest BCUT2D eigenvalue weighted by molar-refractivity contribution is 6.31. The molecule has 0 unspecified atom stereocenters. The van der Waals surface area contributed by atoms with Crippen LogP contribution in [0.1, 0.15) is 22.8 Å². The monoisotopic (exact) mass is 404 g/mol. The van der Waals surface area contributed by atoms with Gasteiger partial charge in [-0.25, -0.2) is 4.98 Å². The molecular formula is C19H18Cl2N4O2. The molecule has 0 atom stereocenters. The van der Waals surface area contributed by atoms with Gasteiger partial charge in [-0.2, -0.15) is 0 Å². The lowest BCUT2D eigenvalue weighted by Gasteiger charge is -2.08. The molecule has 0 fully saturated rings. The largest absolute Gasteiger partial charge is 0.322 e. The Hall–Kier alpha value is -2.83. The smallest absolute Gasteiger partial charge is 0.255 e. The summed E-state index contributed by atoms with van der Waals surface area (Å²) < 4.78 is 1.76. The van der Waals surface area contributed by atoms with Crippen molar-refractivity contribution in [3.8, 4) is 5.69 Å². The Labute approximate surface area is 168 Å². The fourth-order valence-electron chi connectivity index (χ4n) is 2.37. The number of aromatic nitrogens is 2. The molecule has 8 heteroatoms. The number of nitrogens with one attached hydrogen (secondary N) is 2. The number of aryl methyl sites for hydroxylation is 1. The number of nitrogens with zero attached hydrogens (tertiary/aromatic N) is 2. The van der Waals surface area contributed by atoms with Crippen LogP contribution in [0.15, 0.2) is 55.0 Å². The summed E-state index contributed by atoms with van der Waals surface area (Å²) in [4.78, 5) is 27.5. The van der Waals surface area contributed by atoms with Gasteiger partial charge in [-0.3, -0.25) is 9.59 Å². The van der Waals surface area contributed by atoms with Crippen LogP contribution in [0.4, 0.5) is 11.5 Å². The predicted octanol–water partition coefficient (Wildman–Crippen LogP) is 4.47. The van der Waals surface area contributed by atoms with Crippen LogP contribution in [-0.2, 0) is 4.79 Å². The number of anilines is 2. The minimum Gasteiger partial charge on any atom is -0.322 e. The molecule has 0 aliphatic rings. The van der Waals surface area contributed by atoms with E-state index in [0.717, 1.165) is 11.3 Å². The normalized spacial score (nSPS) is 10.0. The second kappa shape index (κ2) is 8.70. The lowest BCUT2D eigenvalue weighted by molar-refractivity contribution is -0.114. The van der Waals surface area contributed by atoms with E-state index in [2.05, 4.69) is 15.6 Å². The maximum Gasteiger partial charge on any atom is 0.255 e. The molecule has 2 amide bonds. The van der Waals surface area contributed by atoms with Crippen molar-refractivity contribution in [2.75, 3.05) is 10.6 Å². The molecule has 0 saturated carbocycles. The van der Waals surface area contributed by atoms with Crippen LogP contribution in [0.3, 0.4) is 0 Å². The molecule has 3 rings (SSSR count). The third kappa shape index (κ3) is 5.09. The van der Waals surface area contributed by atoms with Crippen molar-refractivity contribution in [2.45, 2.75) is 13.8 Å². The van der Waals surface area contributed by atoms with E-state index in [1.807, 2.05) is 19.1 Å². The summed E-state index contributed by atoms with van der Waals surface area (Å²) in [6.45, 7) is 3.33. The molecule has 2 N–H and O–H groups in total. The number of hydrogen-bond acceptors (Lipinski definition) is 3. The lowest BCUT2D eigenvalue weighted by Crippen LogP contribution is -2.12. The van der Waals surface area contributed by atoms with E-state index in [0.29, 0.717) is 22.1 Å². The van der Waals surface area contributed by atoms with Crippen molar-refractivity contribution in [1.82, 2.24) is 9.55 Å². The maximum absolute atomic E-state index is 12.4. The summed E-state index contributed by atoms with van der Waals surface area (Å²) in [5.74, 6) is 0.0649. The zero-order chi connectivity index (χ0) is 18.7. The minimum absolute atomic E-state index is 0. The van der Waals surface area contributed by atoms with Gasteiger partial charge < -0.3 is 15.2 Å². The number of imidazole rings is 1. The highest BCUT2D eigenvalue weighted by Crippen LogP contribution is 2.21. The Balaban J connectivity index is 0.00000261. The molecule has 0 aliphatic heterocycles. The number of rotatable bonds is 4. The summed E-state index contributed by atoms with van der Waals surface area (Å²) in [5.41, 5.74) is 2.94. The van der Waals surface area contributed by atoms with Gasteiger partial charge in [0.05, 0.1) is 6.20 Å². The van der Waals surface area contributed by atoms with Gasteiger partial charge in [-0.05, 0) is 48.9 Å². The molecule has 0 spiro atoms. The summed E-state index contributed by atoms with van der Waals surface area (Å²) in [6.07, 6.45) is 3.29. The van der Waals surface area contributed by atoms with Crippen LogP contribution < -0.4 is 10.6 Å². The quantitative estimate of drug-likeness (QED) is 0.673. The molecule has 140 valence electrons. The lowest BCUT2D eigenvalue weighted by atomic mass is 10.1. The molecular weight excluding hydrogens is 387 g/mol. The Kier molecular flexibility index (Phi) is 6.60. The zero-order valence-electron chi connectivity index (χ0n) is 14.7. The summed E-state index contributed by atoms with van der Waals surface area (Å²) in [5, 5.41) is 6.04. The Morgan fingerprint density at radius 1 is 1.07 bits per heavy atom. The fourth-order valence-corrected chi connectivity index (χ4v) is 2.55. The standard InChI is InChI=1S/C19H17ClN4O2.ClH/c1-12-3-6-15(9-17(12)20)23-19(26)14-4-7-16(8-5-14)24-10-18(21-11-24)22-13(2)25;/h3-11H,1-2H3,(H,22,25)(H,23,26);1H. The summed E-state index contributed by atoms with van der Waals surface area (Å²) >= 11 is 6.08. The van der Waals surface area contributed by atoms with Crippen LogP contribution in [-0.4, -0.2) is 21.4 Å². The molecule has 3 aromatic rings. The molecule has 1 aromatic heterocycles. The molecule has 1 heterocycles. The first kappa shape index (κ1) is 20.5. The Morgan fingerprint density at radius 3 is 2.41 bits per heavy atom. The first-order chi connectivity index (χ1) is 12.4. The van der Waals surface area contributed by atoms with Gasteiger partial charge >= 0.3 is 0 Å². The molecule has 0 aliphatic carbocycles. The van der Waals surface area contributed by atoms with E-state index in [1.54, 1.807) is 47.4 Å². The van der Waals surface area contributed by atoms with Crippen molar-refractivity contribution in [3.63, 3.8) is 0 Å². The zero-order valence-corrected chi connectivity index (χ0v) is 16.3. The number of carbonyl (C=O) groups is 2. The highest BCUT2D eigenvalue weighted by Gasteiger charge is 2.08. The van der Waals surface area contributed by atoms with Gasteiger partial charge in [0.15, 0.2) is 5.82 Å². The molecule has 0 saturated heterocycles. The molecule has 2 aromatic carbocycles. The molecule has 0 radical (unpaired) electrons. The highest BCUT2D eigenvalue weighted by atomic mass is 35.5. The van der Waals surface area contributed by atoms with Crippen LogP contribution in [0.25, 0.3) is 5.69 Å². The number of carbonyl (C=O) groups excluding carboxylic acids is 2.